The first kappa shape index (κ1) is 23.6. The number of nitrogens with zero attached hydrogens (tertiary/aromatic N) is 2. The van der Waals surface area contributed by atoms with Gasteiger partial charge in [0.25, 0.3) is 0 Å². The summed E-state index contributed by atoms with van der Waals surface area (Å²) in [5.74, 6) is 0.105. The lowest BCUT2D eigenvalue weighted by atomic mass is 10.1. The van der Waals surface area contributed by atoms with Crippen LogP contribution in [0.4, 0.5) is 4.39 Å². The van der Waals surface area contributed by atoms with Crippen LogP contribution in [0.25, 0.3) is 0 Å². The maximum absolute atomic E-state index is 13.3. The van der Waals surface area contributed by atoms with Gasteiger partial charge in [-0.05, 0) is 49.6 Å². The van der Waals surface area contributed by atoms with Crippen LogP contribution >= 0.6 is 0 Å². The van der Waals surface area contributed by atoms with E-state index in [4.69, 9.17) is 9.15 Å². The van der Waals surface area contributed by atoms with E-state index in [2.05, 4.69) is 0 Å². The standard InChI is InChI=1S/C23H31FN2O4/c1-5-29-23(28)18(4)25(13-17(2)3)16-22(27)26(15-21-7-6-12-30-21)14-19-8-10-20(24)11-9-19/h6-12,17-18H,5,13-16H2,1-4H3/t18-/m1/s1. The number of carbonyl (C=O) groups excluding carboxylic acids is 2. The minimum absolute atomic E-state index is 0.0695. The van der Waals surface area contributed by atoms with Gasteiger partial charge in [-0.15, -0.1) is 0 Å². The second-order valence-electron chi connectivity index (χ2n) is 7.71. The molecule has 0 N–H and O–H groups in total. The predicted molar refractivity (Wildman–Crippen MR) is 112 cm³/mol. The van der Waals surface area contributed by atoms with Crippen molar-refractivity contribution in [1.82, 2.24) is 9.80 Å². The molecule has 0 fully saturated rings. The Hall–Kier alpha value is -2.67. The number of benzene rings is 1. The molecular weight excluding hydrogens is 387 g/mol. The molecule has 0 radical (unpaired) electrons. The normalized spacial score (nSPS) is 12.2. The fourth-order valence-corrected chi connectivity index (χ4v) is 3.15. The number of furan rings is 1. The number of amides is 1. The first-order chi connectivity index (χ1) is 14.3. The minimum Gasteiger partial charge on any atom is -0.467 e. The Morgan fingerprint density at radius 1 is 1.10 bits per heavy atom. The van der Waals surface area contributed by atoms with Crippen molar-refractivity contribution in [1.29, 1.82) is 0 Å². The Morgan fingerprint density at radius 2 is 1.80 bits per heavy atom. The Kier molecular flexibility index (Phi) is 9.05. The van der Waals surface area contributed by atoms with Crippen molar-refractivity contribution in [2.75, 3.05) is 19.7 Å². The van der Waals surface area contributed by atoms with Gasteiger partial charge in [0.1, 0.15) is 17.6 Å². The summed E-state index contributed by atoms with van der Waals surface area (Å²) in [6, 6.07) is 9.10. The van der Waals surface area contributed by atoms with Gasteiger partial charge in [0.2, 0.25) is 5.91 Å². The SMILES string of the molecule is CCOC(=O)[C@@H](C)N(CC(=O)N(Cc1ccc(F)cc1)Cc1ccco1)CC(C)C. The zero-order valence-corrected chi connectivity index (χ0v) is 18.1. The number of ether oxygens (including phenoxy) is 1. The van der Waals surface area contributed by atoms with E-state index in [9.17, 15) is 14.0 Å². The third-order valence-corrected chi connectivity index (χ3v) is 4.68. The van der Waals surface area contributed by atoms with E-state index < -0.39 is 6.04 Å². The summed E-state index contributed by atoms with van der Waals surface area (Å²) in [5.41, 5.74) is 0.810. The molecule has 2 rings (SSSR count). The van der Waals surface area contributed by atoms with Crippen LogP contribution in [0.15, 0.2) is 47.1 Å². The van der Waals surface area contributed by atoms with Crippen molar-refractivity contribution in [3.05, 3.63) is 59.8 Å². The molecule has 0 aliphatic carbocycles. The Morgan fingerprint density at radius 3 is 2.37 bits per heavy atom. The number of halogens is 1. The molecule has 1 heterocycles. The maximum atomic E-state index is 13.3. The summed E-state index contributed by atoms with van der Waals surface area (Å²) >= 11 is 0. The molecule has 6 nitrogen and oxygen atoms in total. The monoisotopic (exact) mass is 418 g/mol. The molecular formula is C23H31FN2O4. The summed E-state index contributed by atoms with van der Waals surface area (Å²) < 4.78 is 23.8. The van der Waals surface area contributed by atoms with Crippen molar-refractivity contribution in [2.45, 2.75) is 46.8 Å². The molecule has 0 saturated carbocycles. The summed E-state index contributed by atoms with van der Waals surface area (Å²) in [6.07, 6.45) is 1.56. The second-order valence-corrected chi connectivity index (χ2v) is 7.71. The zero-order valence-electron chi connectivity index (χ0n) is 18.1. The molecule has 1 atom stereocenters. The second kappa shape index (κ2) is 11.5. The summed E-state index contributed by atoms with van der Waals surface area (Å²) in [6.45, 7) is 9.12. The maximum Gasteiger partial charge on any atom is 0.323 e. The van der Waals surface area contributed by atoms with Crippen LogP contribution in [0.1, 0.15) is 39.0 Å². The Labute approximate surface area is 177 Å². The highest BCUT2D eigenvalue weighted by Gasteiger charge is 2.27. The summed E-state index contributed by atoms with van der Waals surface area (Å²) in [5, 5.41) is 0. The van der Waals surface area contributed by atoms with Crippen LogP contribution in [0.2, 0.25) is 0 Å². The average Bonchev–Trinajstić information content (AvgIpc) is 3.21. The van der Waals surface area contributed by atoms with Gasteiger partial charge in [-0.25, -0.2) is 4.39 Å². The lowest BCUT2D eigenvalue weighted by Gasteiger charge is -2.31. The number of hydrogen-bond donors (Lipinski definition) is 0. The van der Waals surface area contributed by atoms with Crippen LogP contribution in [-0.2, 0) is 27.4 Å². The minimum atomic E-state index is -0.535. The molecule has 30 heavy (non-hydrogen) atoms. The largest absolute Gasteiger partial charge is 0.467 e. The first-order valence-electron chi connectivity index (χ1n) is 10.3. The quantitative estimate of drug-likeness (QED) is 0.519. The molecule has 164 valence electrons. The van der Waals surface area contributed by atoms with Gasteiger partial charge >= 0.3 is 5.97 Å². The van der Waals surface area contributed by atoms with Crippen molar-refractivity contribution < 1.29 is 23.1 Å². The Bertz CT molecular complexity index is 790. The van der Waals surface area contributed by atoms with Crippen molar-refractivity contribution in [3.8, 4) is 0 Å². The third-order valence-electron chi connectivity index (χ3n) is 4.68. The molecule has 1 amide bonds. The zero-order chi connectivity index (χ0) is 22.1. The molecule has 7 heteroatoms. The highest BCUT2D eigenvalue weighted by atomic mass is 19.1. The first-order valence-corrected chi connectivity index (χ1v) is 10.3. The number of esters is 1. The molecule has 0 aliphatic heterocycles. The van der Waals surface area contributed by atoms with Gasteiger partial charge in [0, 0.05) is 13.1 Å². The highest BCUT2D eigenvalue weighted by Crippen LogP contribution is 2.14. The topological polar surface area (TPSA) is 63.0 Å². The van der Waals surface area contributed by atoms with Crippen LogP contribution in [-0.4, -0.2) is 47.4 Å². The van der Waals surface area contributed by atoms with E-state index in [-0.39, 0.29) is 36.7 Å². The van der Waals surface area contributed by atoms with E-state index in [1.807, 2.05) is 18.7 Å². The highest BCUT2D eigenvalue weighted by molar-refractivity contribution is 5.80. The fourth-order valence-electron chi connectivity index (χ4n) is 3.15. The smallest absolute Gasteiger partial charge is 0.323 e. The van der Waals surface area contributed by atoms with Gasteiger partial charge in [-0.1, -0.05) is 26.0 Å². The molecule has 0 aliphatic rings. The van der Waals surface area contributed by atoms with Gasteiger partial charge < -0.3 is 14.1 Å². The fraction of sp³-hybridized carbons (Fsp3) is 0.478. The molecule has 1 aromatic carbocycles. The summed E-state index contributed by atoms with van der Waals surface area (Å²) in [4.78, 5) is 29.0. The number of rotatable bonds is 11. The van der Waals surface area contributed by atoms with Gasteiger partial charge in [0.05, 0.1) is 26.0 Å². The van der Waals surface area contributed by atoms with E-state index in [0.717, 1.165) is 5.56 Å². The number of hydrogen-bond acceptors (Lipinski definition) is 5. The summed E-state index contributed by atoms with van der Waals surface area (Å²) in [7, 11) is 0. The van der Waals surface area contributed by atoms with Gasteiger partial charge in [-0.2, -0.15) is 0 Å². The van der Waals surface area contributed by atoms with E-state index in [1.165, 1.54) is 12.1 Å². The third kappa shape index (κ3) is 7.30. The van der Waals surface area contributed by atoms with Crippen LogP contribution in [0, 0.1) is 11.7 Å². The van der Waals surface area contributed by atoms with Crippen LogP contribution < -0.4 is 0 Å². The molecule has 2 aromatic rings. The molecule has 0 spiro atoms. The predicted octanol–water partition coefficient (Wildman–Crippen LogP) is 3.86. The van der Waals surface area contributed by atoms with Crippen molar-refractivity contribution >= 4 is 11.9 Å². The van der Waals surface area contributed by atoms with Crippen molar-refractivity contribution in [2.24, 2.45) is 5.92 Å². The van der Waals surface area contributed by atoms with Gasteiger partial charge in [-0.3, -0.25) is 14.5 Å². The van der Waals surface area contributed by atoms with Crippen LogP contribution in [0.3, 0.4) is 0 Å². The lowest BCUT2D eigenvalue weighted by Crippen LogP contribution is -2.48. The van der Waals surface area contributed by atoms with Crippen molar-refractivity contribution in [3.63, 3.8) is 0 Å². The van der Waals surface area contributed by atoms with E-state index >= 15 is 0 Å². The van der Waals surface area contributed by atoms with Gasteiger partial charge in [0.15, 0.2) is 0 Å². The van der Waals surface area contributed by atoms with E-state index in [1.54, 1.807) is 49.3 Å². The molecule has 1 aromatic heterocycles. The molecule has 0 saturated heterocycles. The number of carbonyl (C=O) groups is 2. The lowest BCUT2D eigenvalue weighted by molar-refractivity contribution is -0.150. The van der Waals surface area contributed by atoms with Crippen LogP contribution in [0.5, 0.6) is 0 Å². The Balaban J connectivity index is 2.18. The molecule has 0 unspecified atom stereocenters. The van der Waals surface area contributed by atoms with E-state index in [0.29, 0.717) is 25.5 Å². The average molecular weight is 419 g/mol. The molecule has 0 bridgehead atoms.